The quantitative estimate of drug-likeness (QED) is 0.929. The van der Waals surface area contributed by atoms with Crippen LogP contribution in [0, 0.1) is 0 Å². The molecule has 0 saturated heterocycles. The van der Waals surface area contributed by atoms with E-state index in [0.717, 1.165) is 5.39 Å². The van der Waals surface area contributed by atoms with E-state index >= 15 is 0 Å². The molecule has 0 atom stereocenters. The second-order valence-corrected chi connectivity index (χ2v) is 5.11. The lowest BCUT2D eigenvalue weighted by atomic mass is 10.0. The van der Waals surface area contributed by atoms with Crippen LogP contribution >= 0.6 is 0 Å². The lowest BCUT2D eigenvalue weighted by Crippen LogP contribution is -2.50. The third kappa shape index (κ3) is 2.22. The van der Waals surface area contributed by atoms with Crippen LogP contribution in [0.25, 0.3) is 10.9 Å². The fraction of sp³-hybridized carbons (Fsp3) is 0.267. The second kappa shape index (κ2) is 4.92. The average Bonchev–Trinajstić information content (AvgIpc) is 2.44. The number of nitrogens with zero attached hydrogens (tertiary/aromatic N) is 2. The summed E-state index contributed by atoms with van der Waals surface area (Å²) in [5.74, 6) is -1.41. The minimum Gasteiger partial charge on any atom is -0.480 e. The van der Waals surface area contributed by atoms with Gasteiger partial charge in [0.25, 0.3) is 5.91 Å². The molecule has 1 amide bonds. The molecule has 2 rings (SSSR count). The van der Waals surface area contributed by atoms with Gasteiger partial charge in [-0.2, -0.15) is 0 Å². The molecule has 0 spiro atoms. The summed E-state index contributed by atoms with van der Waals surface area (Å²) < 4.78 is 0. The van der Waals surface area contributed by atoms with Gasteiger partial charge in [0.15, 0.2) is 0 Å². The zero-order chi connectivity index (χ0) is 14.9. The number of pyridine rings is 1. The van der Waals surface area contributed by atoms with Gasteiger partial charge in [-0.3, -0.25) is 9.78 Å². The first-order valence-electron chi connectivity index (χ1n) is 6.21. The minimum absolute atomic E-state index is 0.360. The Morgan fingerprint density at radius 2 is 1.85 bits per heavy atom. The predicted octanol–water partition coefficient (Wildman–Crippen LogP) is 2.17. The maximum Gasteiger partial charge on any atom is 0.329 e. The zero-order valence-electron chi connectivity index (χ0n) is 11.6. The number of carbonyl (C=O) groups is 2. The summed E-state index contributed by atoms with van der Waals surface area (Å²) in [5, 5.41) is 10.1. The van der Waals surface area contributed by atoms with Crippen molar-refractivity contribution in [2.75, 3.05) is 7.05 Å². The number of carboxylic acid groups (broad SMARTS) is 1. The first-order valence-corrected chi connectivity index (χ1v) is 6.21. The van der Waals surface area contributed by atoms with Crippen molar-refractivity contribution in [2.45, 2.75) is 19.4 Å². The van der Waals surface area contributed by atoms with Gasteiger partial charge in [-0.1, -0.05) is 18.2 Å². The molecule has 2 aromatic rings. The highest BCUT2D eigenvalue weighted by Gasteiger charge is 2.36. The van der Waals surface area contributed by atoms with E-state index in [9.17, 15) is 14.7 Å². The summed E-state index contributed by atoms with van der Waals surface area (Å²) in [6, 6.07) is 8.94. The number of likely N-dealkylation sites (N-methyl/N-ethyl adjacent to an activating group) is 1. The number of fused-ring (bicyclic) bond motifs is 1. The first kappa shape index (κ1) is 14.0. The normalized spacial score (nSPS) is 11.3. The maximum absolute atomic E-state index is 12.5. The van der Waals surface area contributed by atoms with Gasteiger partial charge in [0.2, 0.25) is 0 Å². The van der Waals surface area contributed by atoms with E-state index in [1.807, 2.05) is 12.1 Å². The molecule has 1 heterocycles. The number of carbonyl (C=O) groups excluding carboxylic acids is 1. The molecule has 0 unspecified atom stereocenters. The number of hydrogen-bond donors (Lipinski definition) is 1. The number of para-hydroxylation sites is 1. The van der Waals surface area contributed by atoms with Crippen LogP contribution in [0.2, 0.25) is 0 Å². The van der Waals surface area contributed by atoms with E-state index in [0.29, 0.717) is 11.1 Å². The number of hydrogen-bond acceptors (Lipinski definition) is 3. The highest BCUT2D eigenvalue weighted by atomic mass is 16.4. The van der Waals surface area contributed by atoms with E-state index in [1.165, 1.54) is 25.8 Å². The van der Waals surface area contributed by atoms with Gasteiger partial charge in [0, 0.05) is 18.6 Å². The Morgan fingerprint density at radius 3 is 2.50 bits per heavy atom. The maximum atomic E-state index is 12.5. The minimum atomic E-state index is -1.28. The SMILES string of the molecule is CN(C(=O)c1cccc2cccnc12)C(C)(C)C(=O)O. The summed E-state index contributed by atoms with van der Waals surface area (Å²) in [6.07, 6.45) is 1.61. The fourth-order valence-corrected chi connectivity index (χ4v) is 1.85. The van der Waals surface area contributed by atoms with Crippen LogP contribution in [0.4, 0.5) is 0 Å². The van der Waals surface area contributed by atoms with E-state index < -0.39 is 11.5 Å². The van der Waals surface area contributed by atoms with Crippen molar-refractivity contribution < 1.29 is 14.7 Å². The molecule has 1 aromatic heterocycles. The lowest BCUT2D eigenvalue weighted by molar-refractivity contribution is -0.147. The summed E-state index contributed by atoms with van der Waals surface area (Å²) in [4.78, 5) is 29.2. The summed E-state index contributed by atoms with van der Waals surface area (Å²) in [7, 11) is 1.48. The Morgan fingerprint density at radius 1 is 1.20 bits per heavy atom. The van der Waals surface area contributed by atoms with Crippen molar-refractivity contribution in [1.29, 1.82) is 0 Å². The number of aromatic nitrogens is 1. The molecule has 1 aromatic carbocycles. The molecule has 5 nitrogen and oxygen atoms in total. The average molecular weight is 272 g/mol. The van der Waals surface area contributed by atoms with Crippen molar-refractivity contribution in [1.82, 2.24) is 9.88 Å². The van der Waals surface area contributed by atoms with Gasteiger partial charge in [-0.15, -0.1) is 0 Å². The van der Waals surface area contributed by atoms with Crippen LogP contribution in [-0.4, -0.2) is 39.5 Å². The van der Waals surface area contributed by atoms with E-state index in [1.54, 1.807) is 24.4 Å². The first-order chi connectivity index (χ1) is 9.35. The number of benzene rings is 1. The van der Waals surface area contributed by atoms with Gasteiger partial charge >= 0.3 is 5.97 Å². The molecule has 20 heavy (non-hydrogen) atoms. The largest absolute Gasteiger partial charge is 0.480 e. The van der Waals surface area contributed by atoms with Crippen LogP contribution in [-0.2, 0) is 4.79 Å². The van der Waals surface area contributed by atoms with Gasteiger partial charge in [-0.25, -0.2) is 4.79 Å². The number of aliphatic carboxylic acids is 1. The lowest BCUT2D eigenvalue weighted by Gasteiger charge is -2.31. The molecule has 0 bridgehead atoms. The molecule has 0 saturated carbocycles. The standard InChI is InChI=1S/C15H16N2O3/c1-15(2,14(19)20)17(3)13(18)11-8-4-6-10-7-5-9-16-12(10)11/h4-9H,1-3H3,(H,19,20). The third-order valence-corrected chi connectivity index (χ3v) is 3.53. The Hall–Kier alpha value is -2.43. The molecule has 0 radical (unpaired) electrons. The molecule has 104 valence electrons. The van der Waals surface area contributed by atoms with Crippen molar-refractivity contribution in [3.05, 3.63) is 42.1 Å². The smallest absolute Gasteiger partial charge is 0.329 e. The molecule has 0 aliphatic rings. The topological polar surface area (TPSA) is 70.5 Å². The fourth-order valence-electron chi connectivity index (χ4n) is 1.85. The van der Waals surface area contributed by atoms with Crippen LogP contribution < -0.4 is 0 Å². The van der Waals surface area contributed by atoms with Crippen molar-refractivity contribution in [3.8, 4) is 0 Å². The Kier molecular flexibility index (Phi) is 3.44. The zero-order valence-corrected chi connectivity index (χ0v) is 11.6. The van der Waals surface area contributed by atoms with Crippen LogP contribution in [0.15, 0.2) is 36.5 Å². The van der Waals surface area contributed by atoms with Crippen LogP contribution in [0.3, 0.4) is 0 Å². The van der Waals surface area contributed by atoms with E-state index in [2.05, 4.69) is 4.98 Å². The Balaban J connectivity index is 2.49. The molecular weight excluding hydrogens is 256 g/mol. The molecule has 0 aliphatic heterocycles. The van der Waals surface area contributed by atoms with Gasteiger partial charge in [0.05, 0.1) is 11.1 Å². The number of rotatable bonds is 3. The third-order valence-electron chi connectivity index (χ3n) is 3.53. The van der Waals surface area contributed by atoms with Gasteiger partial charge in [-0.05, 0) is 26.0 Å². The van der Waals surface area contributed by atoms with Crippen molar-refractivity contribution in [3.63, 3.8) is 0 Å². The highest BCUT2D eigenvalue weighted by molar-refractivity contribution is 6.06. The van der Waals surface area contributed by atoms with Crippen molar-refractivity contribution in [2.24, 2.45) is 0 Å². The summed E-state index contributed by atoms with van der Waals surface area (Å²) in [6.45, 7) is 2.98. The highest BCUT2D eigenvalue weighted by Crippen LogP contribution is 2.21. The van der Waals surface area contributed by atoms with Crippen molar-refractivity contribution >= 4 is 22.8 Å². The van der Waals surface area contributed by atoms with Crippen LogP contribution in [0.5, 0.6) is 0 Å². The van der Waals surface area contributed by atoms with E-state index in [-0.39, 0.29) is 5.91 Å². The van der Waals surface area contributed by atoms with Gasteiger partial charge < -0.3 is 10.0 Å². The van der Waals surface area contributed by atoms with Gasteiger partial charge in [0.1, 0.15) is 5.54 Å². The predicted molar refractivity (Wildman–Crippen MR) is 75.6 cm³/mol. The number of carboxylic acids is 1. The summed E-state index contributed by atoms with van der Waals surface area (Å²) >= 11 is 0. The molecular formula is C15H16N2O3. The second-order valence-electron chi connectivity index (χ2n) is 5.11. The van der Waals surface area contributed by atoms with E-state index in [4.69, 9.17) is 0 Å². The molecule has 1 N–H and O–H groups in total. The summed E-state index contributed by atoms with van der Waals surface area (Å²) in [5.41, 5.74) is -0.304. The Bertz CT molecular complexity index is 674. The molecule has 0 fully saturated rings. The van der Waals surface area contributed by atoms with Crippen LogP contribution in [0.1, 0.15) is 24.2 Å². The Labute approximate surface area is 116 Å². The molecule has 0 aliphatic carbocycles. The number of amides is 1. The monoisotopic (exact) mass is 272 g/mol. The molecule has 5 heteroatoms.